The number of hydrogen-bond acceptors (Lipinski definition) is 6. The maximum atomic E-state index is 6.42. The van der Waals surface area contributed by atoms with Crippen LogP contribution in [0.2, 0.25) is 5.15 Å². The van der Waals surface area contributed by atoms with Crippen molar-refractivity contribution in [3.05, 3.63) is 70.2 Å². The molecule has 0 amide bonds. The predicted molar refractivity (Wildman–Crippen MR) is 140 cm³/mol. The molecule has 1 saturated carbocycles. The topological polar surface area (TPSA) is 88.1 Å². The number of fused-ring (bicyclic) bond motifs is 3. The summed E-state index contributed by atoms with van der Waals surface area (Å²) in [6.45, 7) is 8.46. The molecule has 1 aliphatic heterocycles. The molecule has 4 atom stereocenters. The number of nitrogens with zero attached hydrogens (tertiary/aromatic N) is 4. The van der Waals surface area contributed by atoms with Crippen LogP contribution >= 0.6 is 27.5 Å². The highest BCUT2D eigenvalue weighted by Gasteiger charge is 2.56. The summed E-state index contributed by atoms with van der Waals surface area (Å²) in [7, 11) is 0. The number of nitrogens with two attached hydrogens (primary N) is 1. The number of benzene rings is 1. The van der Waals surface area contributed by atoms with Gasteiger partial charge in [-0.05, 0) is 72.0 Å². The normalized spacial score (nSPS) is 25.5. The minimum absolute atomic E-state index is 0.0943. The lowest BCUT2D eigenvalue weighted by molar-refractivity contribution is -0.156. The SMILES string of the molecule is C=C1[C@@H](n2ccc3c(N)ncnc32)C2OC(C)(C)O[C@@H]2[C@H]1CCc1ccc2cc(Br)c(Cl)nc2c1. The van der Waals surface area contributed by atoms with Crippen LogP contribution < -0.4 is 5.73 Å². The van der Waals surface area contributed by atoms with Gasteiger partial charge in [-0.15, -0.1) is 0 Å². The van der Waals surface area contributed by atoms with Gasteiger partial charge < -0.3 is 19.8 Å². The number of aryl methyl sites for hydroxylation is 1. The summed E-state index contributed by atoms with van der Waals surface area (Å²) in [4.78, 5) is 13.1. The Morgan fingerprint density at radius 1 is 1.17 bits per heavy atom. The Labute approximate surface area is 216 Å². The first-order chi connectivity index (χ1) is 16.7. The number of halogens is 2. The number of aromatic nitrogens is 4. The predicted octanol–water partition coefficient (Wildman–Crippen LogP) is 5.86. The lowest BCUT2D eigenvalue weighted by Crippen LogP contribution is -2.27. The molecule has 2 fully saturated rings. The van der Waals surface area contributed by atoms with E-state index in [0.717, 1.165) is 44.8 Å². The summed E-state index contributed by atoms with van der Waals surface area (Å²) >= 11 is 9.67. The average Bonchev–Trinajstić information content (AvgIpc) is 3.43. The Kier molecular flexibility index (Phi) is 5.41. The van der Waals surface area contributed by atoms with E-state index in [4.69, 9.17) is 26.8 Å². The second-order valence-electron chi connectivity index (χ2n) is 9.74. The van der Waals surface area contributed by atoms with Gasteiger partial charge in [-0.25, -0.2) is 15.0 Å². The van der Waals surface area contributed by atoms with E-state index in [1.807, 2.05) is 32.2 Å². The largest absolute Gasteiger partial charge is 0.383 e. The quantitative estimate of drug-likeness (QED) is 0.251. The molecule has 9 heteroatoms. The molecule has 1 aromatic carbocycles. The van der Waals surface area contributed by atoms with Gasteiger partial charge in [0.25, 0.3) is 0 Å². The minimum Gasteiger partial charge on any atom is -0.383 e. The molecular formula is C26H25BrClN5O2. The van der Waals surface area contributed by atoms with Crippen LogP contribution in [0.25, 0.3) is 21.9 Å². The third-order valence-corrected chi connectivity index (χ3v) is 8.22. The van der Waals surface area contributed by atoms with E-state index >= 15 is 0 Å². The molecule has 2 N–H and O–H groups in total. The fourth-order valence-electron chi connectivity index (χ4n) is 5.56. The van der Waals surface area contributed by atoms with Gasteiger partial charge in [-0.1, -0.05) is 30.3 Å². The molecular weight excluding hydrogens is 530 g/mol. The summed E-state index contributed by atoms with van der Waals surface area (Å²) in [5, 5.41) is 2.34. The summed E-state index contributed by atoms with van der Waals surface area (Å²) in [6.07, 6.45) is 4.97. The molecule has 4 heterocycles. The maximum Gasteiger partial charge on any atom is 0.163 e. The Bertz CT molecular complexity index is 1490. The minimum atomic E-state index is -0.666. The second-order valence-corrected chi connectivity index (χ2v) is 10.9. The van der Waals surface area contributed by atoms with Gasteiger partial charge in [0, 0.05) is 17.5 Å². The molecule has 4 aromatic rings. The van der Waals surface area contributed by atoms with Gasteiger partial charge in [0.15, 0.2) is 5.79 Å². The first kappa shape index (κ1) is 22.9. The van der Waals surface area contributed by atoms with E-state index in [0.29, 0.717) is 11.0 Å². The highest BCUT2D eigenvalue weighted by atomic mass is 79.9. The lowest BCUT2D eigenvalue weighted by atomic mass is 9.92. The van der Waals surface area contributed by atoms with E-state index in [-0.39, 0.29) is 24.2 Å². The van der Waals surface area contributed by atoms with Crippen molar-refractivity contribution in [1.82, 2.24) is 19.5 Å². The highest BCUT2D eigenvalue weighted by molar-refractivity contribution is 9.10. The van der Waals surface area contributed by atoms with Crippen molar-refractivity contribution in [2.45, 2.75) is 50.7 Å². The average molecular weight is 555 g/mol. The van der Waals surface area contributed by atoms with E-state index in [9.17, 15) is 0 Å². The Hall–Kier alpha value is -2.52. The van der Waals surface area contributed by atoms with Crippen molar-refractivity contribution in [3.63, 3.8) is 0 Å². The fourth-order valence-corrected chi connectivity index (χ4v) is 6.04. The summed E-state index contributed by atoms with van der Waals surface area (Å²) in [5.74, 6) is -0.0764. The standard InChI is InChI=1S/C26H25BrClN5O2/c1-13-16(7-5-14-4-6-15-11-18(27)23(28)32-19(15)10-14)21-22(35-26(2,3)34-21)20(13)33-9-8-17-24(29)30-12-31-25(17)33/h4,6,8-12,16,20-22H,1,5,7H2,2-3H3,(H2,29,30,31)/t16-,20+,21+,22?/m0/s1. The van der Waals surface area contributed by atoms with Crippen LogP contribution in [0.5, 0.6) is 0 Å². The van der Waals surface area contributed by atoms with Crippen LogP contribution in [-0.4, -0.2) is 37.5 Å². The molecule has 35 heavy (non-hydrogen) atoms. The van der Waals surface area contributed by atoms with Crippen molar-refractivity contribution in [2.75, 3.05) is 5.73 Å². The smallest absolute Gasteiger partial charge is 0.163 e. The van der Waals surface area contributed by atoms with Crippen LogP contribution in [0.15, 0.2) is 59.5 Å². The molecule has 1 saturated heterocycles. The Balaban J connectivity index is 1.31. The van der Waals surface area contributed by atoms with Crippen LogP contribution in [0.3, 0.4) is 0 Å². The highest BCUT2D eigenvalue weighted by Crippen LogP contribution is 2.51. The lowest BCUT2D eigenvalue weighted by Gasteiger charge is -2.26. The molecule has 1 unspecified atom stereocenters. The van der Waals surface area contributed by atoms with Crippen molar-refractivity contribution in [2.24, 2.45) is 5.92 Å². The molecule has 6 rings (SSSR count). The van der Waals surface area contributed by atoms with E-state index in [1.165, 1.54) is 11.9 Å². The number of hydrogen-bond donors (Lipinski definition) is 1. The van der Waals surface area contributed by atoms with Crippen molar-refractivity contribution >= 4 is 55.3 Å². The van der Waals surface area contributed by atoms with E-state index < -0.39 is 5.79 Å². The van der Waals surface area contributed by atoms with Crippen LogP contribution in [0.1, 0.15) is 31.9 Å². The first-order valence-corrected chi connectivity index (χ1v) is 12.7. The summed E-state index contributed by atoms with van der Waals surface area (Å²) < 4.78 is 15.7. The van der Waals surface area contributed by atoms with Gasteiger partial charge in [0.05, 0.1) is 27.5 Å². The second kappa shape index (κ2) is 8.27. The molecule has 0 bridgehead atoms. The van der Waals surface area contributed by atoms with Gasteiger partial charge in [0.2, 0.25) is 0 Å². The molecule has 3 aromatic heterocycles. The first-order valence-electron chi connectivity index (χ1n) is 11.6. The number of anilines is 1. The van der Waals surface area contributed by atoms with E-state index in [2.05, 4.69) is 60.2 Å². The van der Waals surface area contributed by atoms with Crippen LogP contribution in [-0.2, 0) is 15.9 Å². The molecule has 7 nitrogen and oxygen atoms in total. The van der Waals surface area contributed by atoms with Gasteiger partial charge in [-0.2, -0.15) is 0 Å². The van der Waals surface area contributed by atoms with Crippen molar-refractivity contribution in [3.8, 4) is 0 Å². The fraction of sp³-hybridized carbons (Fsp3) is 0.346. The number of nitrogen functional groups attached to an aromatic ring is 1. The molecule has 2 aliphatic rings. The monoisotopic (exact) mass is 553 g/mol. The molecule has 0 spiro atoms. The number of ether oxygens (including phenoxy) is 2. The van der Waals surface area contributed by atoms with E-state index in [1.54, 1.807) is 0 Å². The number of pyridine rings is 1. The van der Waals surface area contributed by atoms with Crippen LogP contribution in [0.4, 0.5) is 5.82 Å². The number of rotatable bonds is 4. The maximum absolute atomic E-state index is 6.42. The zero-order valence-electron chi connectivity index (χ0n) is 19.4. The summed E-state index contributed by atoms with van der Waals surface area (Å²) in [5.41, 5.74) is 10.0. The zero-order chi connectivity index (χ0) is 24.5. The Morgan fingerprint density at radius 3 is 2.80 bits per heavy atom. The van der Waals surface area contributed by atoms with Gasteiger partial charge in [0.1, 0.15) is 29.0 Å². The van der Waals surface area contributed by atoms with Crippen molar-refractivity contribution < 1.29 is 9.47 Å². The third kappa shape index (κ3) is 3.83. The third-order valence-electron chi connectivity index (χ3n) is 7.10. The van der Waals surface area contributed by atoms with Crippen LogP contribution in [0, 0.1) is 5.92 Å². The van der Waals surface area contributed by atoms with Gasteiger partial charge >= 0.3 is 0 Å². The zero-order valence-corrected chi connectivity index (χ0v) is 21.8. The Morgan fingerprint density at radius 2 is 1.97 bits per heavy atom. The molecule has 0 radical (unpaired) electrons. The molecule has 1 aliphatic carbocycles. The molecule has 180 valence electrons. The van der Waals surface area contributed by atoms with Gasteiger partial charge in [-0.3, -0.25) is 0 Å². The van der Waals surface area contributed by atoms with Crippen molar-refractivity contribution in [1.29, 1.82) is 0 Å². The summed E-state index contributed by atoms with van der Waals surface area (Å²) in [6, 6.07) is 10.2.